The maximum atomic E-state index is 11.9. The fourth-order valence-electron chi connectivity index (χ4n) is 1.47. The van der Waals surface area contributed by atoms with E-state index in [1.807, 2.05) is 13.8 Å². The van der Waals surface area contributed by atoms with E-state index in [9.17, 15) is 9.59 Å². The minimum Gasteiger partial charge on any atom is -0.356 e. The quantitative estimate of drug-likeness (QED) is 0.818. The van der Waals surface area contributed by atoms with Gasteiger partial charge in [0.1, 0.15) is 0 Å². The van der Waals surface area contributed by atoms with Crippen LogP contribution in [0.15, 0.2) is 22.7 Å². The van der Waals surface area contributed by atoms with Crippen molar-refractivity contribution in [3.63, 3.8) is 0 Å². The number of carbonyl (C=O) groups is 2. The SMILES string of the molecule is CC(C)CNC(=O)CCNC(=O)c1cccc(Br)c1Cl. The van der Waals surface area contributed by atoms with Gasteiger partial charge in [0, 0.05) is 24.0 Å². The third-order valence-corrected chi connectivity index (χ3v) is 3.84. The summed E-state index contributed by atoms with van der Waals surface area (Å²) < 4.78 is 0.668. The number of halogens is 2. The Labute approximate surface area is 132 Å². The normalized spacial score (nSPS) is 10.4. The van der Waals surface area contributed by atoms with Gasteiger partial charge in [-0.05, 0) is 34.0 Å². The monoisotopic (exact) mass is 360 g/mol. The van der Waals surface area contributed by atoms with Crippen LogP contribution in [0.5, 0.6) is 0 Å². The van der Waals surface area contributed by atoms with E-state index in [2.05, 4.69) is 26.6 Å². The zero-order valence-electron chi connectivity index (χ0n) is 11.5. The van der Waals surface area contributed by atoms with Gasteiger partial charge in [0.05, 0.1) is 10.6 Å². The molecule has 0 radical (unpaired) electrons. The first kappa shape index (κ1) is 17.0. The van der Waals surface area contributed by atoms with Crippen molar-refractivity contribution in [2.75, 3.05) is 13.1 Å². The van der Waals surface area contributed by atoms with Gasteiger partial charge in [-0.1, -0.05) is 31.5 Å². The molecule has 1 rings (SSSR count). The number of amides is 2. The van der Waals surface area contributed by atoms with Crippen molar-refractivity contribution in [2.45, 2.75) is 20.3 Å². The Bertz CT molecular complexity index is 492. The van der Waals surface area contributed by atoms with Gasteiger partial charge in [-0.2, -0.15) is 0 Å². The summed E-state index contributed by atoms with van der Waals surface area (Å²) in [6, 6.07) is 5.14. The Morgan fingerprint density at radius 3 is 2.65 bits per heavy atom. The lowest BCUT2D eigenvalue weighted by Crippen LogP contribution is -2.32. The summed E-state index contributed by atoms with van der Waals surface area (Å²) in [7, 11) is 0. The molecule has 0 heterocycles. The Balaban J connectivity index is 2.40. The summed E-state index contributed by atoms with van der Waals surface area (Å²) >= 11 is 9.29. The fraction of sp³-hybridized carbons (Fsp3) is 0.429. The Hall–Kier alpha value is -1.07. The summed E-state index contributed by atoms with van der Waals surface area (Å²) in [4.78, 5) is 23.4. The van der Waals surface area contributed by atoms with Crippen LogP contribution in [0.1, 0.15) is 30.6 Å². The van der Waals surface area contributed by atoms with E-state index in [0.29, 0.717) is 27.5 Å². The zero-order valence-corrected chi connectivity index (χ0v) is 13.8. The lowest BCUT2D eigenvalue weighted by atomic mass is 10.2. The van der Waals surface area contributed by atoms with Crippen molar-refractivity contribution in [3.8, 4) is 0 Å². The van der Waals surface area contributed by atoms with Gasteiger partial charge < -0.3 is 10.6 Å². The second kappa shape index (κ2) is 8.27. The highest BCUT2D eigenvalue weighted by Crippen LogP contribution is 2.25. The van der Waals surface area contributed by atoms with E-state index >= 15 is 0 Å². The van der Waals surface area contributed by atoms with E-state index < -0.39 is 0 Å². The molecule has 0 aromatic heterocycles. The van der Waals surface area contributed by atoms with Crippen LogP contribution in [0, 0.1) is 5.92 Å². The summed E-state index contributed by atoms with van der Waals surface area (Å²) in [6.07, 6.45) is 0.254. The summed E-state index contributed by atoms with van der Waals surface area (Å²) in [6.45, 7) is 4.98. The smallest absolute Gasteiger partial charge is 0.252 e. The minimum absolute atomic E-state index is 0.0701. The first-order valence-electron chi connectivity index (χ1n) is 6.40. The molecule has 2 amide bonds. The van der Waals surface area contributed by atoms with Crippen LogP contribution in [-0.4, -0.2) is 24.9 Å². The molecule has 0 bridgehead atoms. The molecule has 6 heteroatoms. The summed E-state index contributed by atoms with van der Waals surface area (Å²) in [5.41, 5.74) is 0.392. The highest BCUT2D eigenvalue weighted by molar-refractivity contribution is 9.10. The molecule has 20 heavy (non-hydrogen) atoms. The molecule has 0 spiro atoms. The Kier molecular flexibility index (Phi) is 7.02. The van der Waals surface area contributed by atoms with Crippen LogP contribution >= 0.6 is 27.5 Å². The maximum Gasteiger partial charge on any atom is 0.252 e. The van der Waals surface area contributed by atoms with Crippen molar-refractivity contribution < 1.29 is 9.59 Å². The topological polar surface area (TPSA) is 58.2 Å². The highest BCUT2D eigenvalue weighted by Gasteiger charge is 2.12. The maximum absolute atomic E-state index is 11.9. The predicted octanol–water partition coefficient (Wildman–Crippen LogP) is 2.99. The van der Waals surface area contributed by atoms with Gasteiger partial charge in [0.2, 0.25) is 5.91 Å². The number of hydrogen-bond donors (Lipinski definition) is 2. The van der Waals surface area contributed by atoms with Crippen molar-refractivity contribution in [1.82, 2.24) is 10.6 Å². The fourth-order valence-corrected chi connectivity index (χ4v) is 2.05. The van der Waals surface area contributed by atoms with Crippen molar-refractivity contribution in [2.24, 2.45) is 5.92 Å². The van der Waals surface area contributed by atoms with Gasteiger partial charge in [-0.3, -0.25) is 9.59 Å². The third kappa shape index (κ3) is 5.51. The Morgan fingerprint density at radius 2 is 2.00 bits per heavy atom. The minimum atomic E-state index is -0.284. The molecule has 0 unspecified atom stereocenters. The molecule has 0 fully saturated rings. The standard InChI is InChI=1S/C14H18BrClN2O2/c1-9(2)8-18-12(19)6-7-17-14(20)10-4-3-5-11(15)13(10)16/h3-5,9H,6-8H2,1-2H3,(H,17,20)(H,18,19). The second-order valence-corrected chi connectivity index (χ2v) is 6.04. The molecule has 0 aliphatic heterocycles. The number of carbonyl (C=O) groups excluding carboxylic acids is 2. The van der Waals surface area contributed by atoms with Crippen molar-refractivity contribution >= 4 is 39.3 Å². The Morgan fingerprint density at radius 1 is 1.30 bits per heavy atom. The van der Waals surface area contributed by atoms with Crippen LogP contribution < -0.4 is 10.6 Å². The molecule has 1 aromatic rings. The molecule has 110 valence electrons. The van der Waals surface area contributed by atoms with Crippen LogP contribution in [0.4, 0.5) is 0 Å². The zero-order chi connectivity index (χ0) is 15.1. The van der Waals surface area contributed by atoms with Gasteiger partial charge in [-0.25, -0.2) is 0 Å². The molecule has 1 aromatic carbocycles. The van der Waals surface area contributed by atoms with Crippen LogP contribution in [-0.2, 0) is 4.79 Å². The third-order valence-electron chi connectivity index (χ3n) is 2.54. The summed E-state index contributed by atoms with van der Waals surface area (Å²) in [5.74, 6) is 0.0568. The number of hydrogen-bond acceptors (Lipinski definition) is 2. The van der Waals surface area contributed by atoms with Gasteiger partial charge in [-0.15, -0.1) is 0 Å². The largest absolute Gasteiger partial charge is 0.356 e. The van der Waals surface area contributed by atoms with Crippen LogP contribution in [0.3, 0.4) is 0 Å². The van der Waals surface area contributed by atoms with E-state index in [4.69, 9.17) is 11.6 Å². The summed E-state index contributed by atoms with van der Waals surface area (Å²) in [5, 5.41) is 5.84. The predicted molar refractivity (Wildman–Crippen MR) is 83.9 cm³/mol. The van der Waals surface area contributed by atoms with Crippen LogP contribution in [0.25, 0.3) is 0 Å². The van der Waals surface area contributed by atoms with E-state index in [0.717, 1.165) is 0 Å². The van der Waals surface area contributed by atoms with Gasteiger partial charge in [0.15, 0.2) is 0 Å². The van der Waals surface area contributed by atoms with Crippen LogP contribution in [0.2, 0.25) is 5.02 Å². The van der Waals surface area contributed by atoms with E-state index in [1.54, 1.807) is 18.2 Å². The average Bonchev–Trinajstić information content (AvgIpc) is 2.39. The molecule has 0 atom stereocenters. The molecule has 2 N–H and O–H groups in total. The molecule has 0 aliphatic carbocycles. The van der Waals surface area contributed by atoms with E-state index in [-0.39, 0.29) is 24.8 Å². The number of nitrogens with one attached hydrogen (secondary N) is 2. The lowest BCUT2D eigenvalue weighted by Gasteiger charge is -2.09. The first-order valence-corrected chi connectivity index (χ1v) is 7.57. The van der Waals surface area contributed by atoms with Gasteiger partial charge in [0.25, 0.3) is 5.91 Å². The molecule has 0 aliphatic rings. The molecular formula is C14H18BrClN2O2. The molecule has 0 saturated carbocycles. The second-order valence-electron chi connectivity index (χ2n) is 4.81. The molecule has 0 saturated heterocycles. The highest BCUT2D eigenvalue weighted by atomic mass is 79.9. The average molecular weight is 362 g/mol. The molecular weight excluding hydrogens is 344 g/mol. The number of rotatable bonds is 6. The van der Waals surface area contributed by atoms with Gasteiger partial charge >= 0.3 is 0 Å². The molecule has 4 nitrogen and oxygen atoms in total. The number of benzene rings is 1. The lowest BCUT2D eigenvalue weighted by molar-refractivity contribution is -0.121. The first-order chi connectivity index (χ1) is 9.41. The van der Waals surface area contributed by atoms with Crippen molar-refractivity contribution in [1.29, 1.82) is 0 Å². The van der Waals surface area contributed by atoms with Crippen molar-refractivity contribution in [3.05, 3.63) is 33.3 Å². The van der Waals surface area contributed by atoms with E-state index in [1.165, 1.54) is 0 Å².